The van der Waals surface area contributed by atoms with Gasteiger partial charge in [-0.2, -0.15) is 26.3 Å². The van der Waals surface area contributed by atoms with Crippen LogP contribution in [0.25, 0.3) is 0 Å². The highest BCUT2D eigenvalue weighted by Crippen LogP contribution is 2.43. The minimum absolute atomic E-state index is 0.0937. The van der Waals surface area contributed by atoms with Gasteiger partial charge in [0.2, 0.25) is 0 Å². The molecule has 2 aromatic rings. The molecule has 1 aliphatic carbocycles. The zero-order chi connectivity index (χ0) is 24.6. The molecule has 2 amide bonds. The van der Waals surface area contributed by atoms with Gasteiger partial charge >= 0.3 is 18.4 Å². The number of hydrogen-bond donors (Lipinski definition) is 1. The van der Waals surface area contributed by atoms with Crippen molar-refractivity contribution in [3.63, 3.8) is 0 Å². The summed E-state index contributed by atoms with van der Waals surface area (Å²) in [6.45, 7) is 1.42. The highest BCUT2D eigenvalue weighted by atomic mass is 19.4. The molecule has 3 rings (SSSR count). The largest absolute Gasteiger partial charge is 0.416 e. The molecule has 33 heavy (non-hydrogen) atoms. The van der Waals surface area contributed by atoms with Crippen molar-refractivity contribution in [1.29, 1.82) is 0 Å². The predicted molar refractivity (Wildman–Crippen MR) is 109 cm³/mol. The van der Waals surface area contributed by atoms with Gasteiger partial charge in [0.25, 0.3) is 0 Å². The molecule has 0 aliphatic heterocycles. The third kappa shape index (κ3) is 5.61. The maximum Gasteiger partial charge on any atom is 0.416 e. The second kappa shape index (κ2) is 9.24. The van der Waals surface area contributed by atoms with Crippen molar-refractivity contribution in [2.45, 2.75) is 56.3 Å². The molecule has 3 unspecified atom stereocenters. The van der Waals surface area contributed by atoms with Gasteiger partial charge in [-0.05, 0) is 49.1 Å². The molecular formula is C23H24F6N2O2. The summed E-state index contributed by atoms with van der Waals surface area (Å²) in [5, 5.41) is 0. The number of amides is 2. The first-order valence-corrected chi connectivity index (χ1v) is 10.3. The summed E-state index contributed by atoms with van der Waals surface area (Å²) in [5.41, 5.74) is 3.28. The van der Waals surface area contributed by atoms with Gasteiger partial charge in [-0.25, -0.2) is 4.79 Å². The minimum Gasteiger partial charge on any atom is -0.370 e. The molecule has 0 bridgehead atoms. The Morgan fingerprint density at radius 2 is 1.55 bits per heavy atom. The van der Waals surface area contributed by atoms with Crippen molar-refractivity contribution in [2.75, 3.05) is 7.05 Å². The molecule has 1 saturated carbocycles. The molecule has 2 aromatic carbocycles. The van der Waals surface area contributed by atoms with Crippen LogP contribution < -0.4 is 5.73 Å². The first-order valence-electron chi connectivity index (χ1n) is 10.3. The van der Waals surface area contributed by atoms with Crippen LogP contribution in [0.2, 0.25) is 0 Å². The zero-order valence-corrected chi connectivity index (χ0v) is 18.0. The Morgan fingerprint density at radius 3 is 2.03 bits per heavy atom. The smallest absolute Gasteiger partial charge is 0.370 e. The van der Waals surface area contributed by atoms with E-state index in [2.05, 4.69) is 0 Å². The Kier molecular flexibility index (Phi) is 6.97. The topological polar surface area (TPSA) is 55.6 Å². The number of nitrogens with zero attached hydrogens (tertiary/aromatic N) is 1. The molecule has 0 saturated heterocycles. The SMILES string of the molecule is C[C@@H](OC1CCC(N(C)C(N)=O)C1c1ccccc1)c1cc(C(F)(F)F)cc(C(F)(F)F)c1. The molecule has 10 heteroatoms. The second-order valence-electron chi connectivity index (χ2n) is 8.19. The van der Waals surface area contributed by atoms with Crippen molar-refractivity contribution < 1.29 is 35.9 Å². The van der Waals surface area contributed by atoms with Crippen molar-refractivity contribution in [3.8, 4) is 0 Å². The van der Waals surface area contributed by atoms with E-state index in [-0.39, 0.29) is 23.6 Å². The van der Waals surface area contributed by atoms with Gasteiger partial charge in [-0.3, -0.25) is 0 Å². The van der Waals surface area contributed by atoms with Crippen molar-refractivity contribution in [1.82, 2.24) is 4.90 Å². The number of benzene rings is 2. The number of likely N-dealkylation sites (N-methyl/N-ethyl adjacent to an activating group) is 1. The van der Waals surface area contributed by atoms with E-state index in [1.807, 2.05) is 18.2 Å². The Balaban J connectivity index is 1.94. The van der Waals surface area contributed by atoms with Crippen molar-refractivity contribution in [3.05, 3.63) is 70.8 Å². The highest BCUT2D eigenvalue weighted by molar-refractivity contribution is 5.72. The fraction of sp³-hybridized carbons (Fsp3) is 0.435. The van der Waals surface area contributed by atoms with E-state index in [1.54, 1.807) is 19.2 Å². The molecule has 4 nitrogen and oxygen atoms in total. The number of carbonyl (C=O) groups excluding carboxylic acids is 1. The Hall–Kier alpha value is -2.75. The second-order valence-corrected chi connectivity index (χ2v) is 8.19. The average Bonchev–Trinajstić information content (AvgIpc) is 3.15. The lowest BCUT2D eigenvalue weighted by molar-refractivity contribution is -0.143. The molecule has 180 valence electrons. The zero-order valence-electron chi connectivity index (χ0n) is 18.0. The minimum atomic E-state index is -4.94. The van der Waals surface area contributed by atoms with Crippen LogP contribution in [0.5, 0.6) is 0 Å². The lowest BCUT2D eigenvalue weighted by Gasteiger charge is -2.32. The van der Waals surface area contributed by atoms with Gasteiger partial charge in [0.05, 0.1) is 23.3 Å². The first-order chi connectivity index (χ1) is 15.3. The van der Waals surface area contributed by atoms with E-state index >= 15 is 0 Å². The van der Waals surface area contributed by atoms with E-state index in [0.29, 0.717) is 25.0 Å². The maximum absolute atomic E-state index is 13.2. The number of hydrogen-bond acceptors (Lipinski definition) is 2. The maximum atomic E-state index is 13.2. The summed E-state index contributed by atoms with van der Waals surface area (Å²) in [4.78, 5) is 13.2. The lowest BCUT2D eigenvalue weighted by Crippen LogP contribution is -2.43. The third-order valence-electron chi connectivity index (χ3n) is 6.05. The van der Waals surface area contributed by atoms with Gasteiger partial charge in [0.1, 0.15) is 0 Å². The van der Waals surface area contributed by atoms with Gasteiger partial charge in [-0.1, -0.05) is 30.3 Å². The molecule has 0 spiro atoms. The Bertz CT molecular complexity index is 945. The van der Waals surface area contributed by atoms with Gasteiger partial charge in [0, 0.05) is 19.0 Å². The average molecular weight is 474 g/mol. The lowest BCUT2D eigenvalue weighted by atomic mass is 9.91. The fourth-order valence-electron chi connectivity index (χ4n) is 4.36. The van der Waals surface area contributed by atoms with Crippen LogP contribution in [-0.4, -0.2) is 30.1 Å². The summed E-state index contributed by atoms with van der Waals surface area (Å²) < 4.78 is 85.5. The molecule has 4 atom stereocenters. The highest BCUT2D eigenvalue weighted by Gasteiger charge is 2.42. The summed E-state index contributed by atoms with van der Waals surface area (Å²) in [7, 11) is 1.55. The number of carbonyl (C=O) groups is 1. The van der Waals surface area contributed by atoms with Crippen molar-refractivity contribution in [2.24, 2.45) is 5.73 Å². The van der Waals surface area contributed by atoms with Crippen LogP contribution in [0, 0.1) is 0 Å². The van der Waals surface area contributed by atoms with Crippen LogP contribution in [0.4, 0.5) is 31.1 Å². The van der Waals surface area contributed by atoms with E-state index in [0.717, 1.165) is 5.56 Å². The fourth-order valence-corrected chi connectivity index (χ4v) is 4.36. The summed E-state index contributed by atoms with van der Waals surface area (Å²) in [6.07, 6.45) is -10.5. The summed E-state index contributed by atoms with van der Waals surface area (Å²) >= 11 is 0. The van der Waals surface area contributed by atoms with Crippen LogP contribution in [0.3, 0.4) is 0 Å². The number of ether oxygens (including phenoxy) is 1. The monoisotopic (exact) mass is 474 g/mol. The van der Waals surface area contributed by atoms with Gasteiger partial charge in [0.15, 0.2) is 0 Å². The van der Waals surface area contributed by atoms with Gasteiger partial charge in [-0.15, -0.1) is 0 Å². The van der Waals surface area contributed by atoms with E-state index in [9.17, 15) is 31.1 Å². The molecule has 2 N–H and O–H groups in total. The first kappa shape index (κ1) is 24.9. The molecular weight excluding hydrogens is 450 g/mol. The van der Waals surface area contributed by atoms with E-state index < -0.39 is 41.7 Å². The third-order valence-corrected chi connectivity index (χ3v) is 6.05. The molecule has 0 heterocycles. The Labute approximate surface area is 187 Å². The number of nitrogens with two attached hydrogens (primary N) is 1. The van der Waals surface area contributed by atoms with Crippen LogP contribution >= 0.6 is 0 Å². The summed E-state index contributed by atoms with van der Waals surface area (Å²) in [5.74, 6) is -0.348. The number of rotatable bonds is 5. The van der Waals surface area contributed by atoms with Crippen LogP contribution in [0.1, 0.15) is 54.0 Å². The molecule has 1 fully saturated rings. The summed E-state index contributed by atoms with van der Waals surface area (Å²) in [6, 6.07) is 9.59. The number of halogens is 6. The van der Waals surface area contributed by atoms with E-state index in [4.69, 9.17) is 10.5 Å². The predicted octanol–water partition coefficient (Wildman–Crippen LogP) is 6.13. The van der Waals surface area contributed by atoms with Crippen molar-refractivity contribution >= 4 is 6.03 Å². The van der Waals surface area contributed by atoms with Gasteiger partial charge < -0.3 is 15.4 Å². The van der Waals surface area contributed by atoms with Crippen LogP contribution in [0.15, 0.2) is 48.5 Å². The molecule has 0 radical (unpaired) electrons. The number of alkyl halides is 6. The number of urea groups is 1. The normalized spacial score (nSPS) is 22.2. The van der Waals surface area contributed by atoms with Crippen LogP contribution in [-0.2, 0) is 17.1 Å². The quantitative estimate of drug-likeness (QED) is 0.531. The molecule has 1 aliphatic rings. The number of primary amides is 1. The Morgan fingerprint density at radius 1 is 1.00 bits per heavy atom. The standard InChI is InChI=1S/C23H24F6N2O2/c1-13(15-10-16(22(24,25)26)12-17(11-15)23(27,28)29)33-19-9-8-18(31(2)21(30)32)20(19)14-6-4-3-5-7-14/h3-7,10-13,18-20H,8-9H2,1-2H3,(H2,30,32)/t13-,18?,19?,20?/m1/s1. The van der Waals surface area contributed by atoms with E-state index in [1.165, 1.54) is 11.8 Å². The molecule has 0 aromatic heterocycles.